The minimum atomic E-state index is -3.11. The maximum Gasteiger partial charge on any atom is 0.262 e. The maximum atomic E-state index is 13.1. The van der Waals surface area contributed by atoms with E-state index in [9.17, 15) is 17.6 Å². The predicted molar refractivity (Wildman–Crippen MR) is 88.4 cm³/mol. The van der Waals surface area contributed by atoms with Gasteiger partial charge in [0.05, 0.1) is 23.6 Å². The first-order valence-electron chi connectivity index (χ1n) is 7.24. The number of sulfone groups is 1. The molecular weight excluding hydrogens is 353 g/mol. The molecule has 6 nitrogen and oxygen atoms in total. The number of fused-ring (bicyclic) bond motifs is 1. The van der Waals surface area contributed by atoms with Crippen LogP contribution in [0.3, 0.4) is 0 Å². The molecule has 0 aliphatic carbocycles. The van der Waals surface area contributed by atoms with Crippen LogP contribution in [0.1, 0.15) is 12.0 Å². The van der Waals surface area contributed by atoms with E-state index < -0.39 is 15.7 Å². The molecule has 0 unspecified atom stereocenters. The fourth-order valence-corrected chi connectivity index (χ4v) is 6.79. The van der Waals surface area contributed by atoms with Crippen molar-refractivity contribution in [2.24, 2.45) is 4.99 Å². The van der Waals surface area contributed by atoms with Crippen molar-refractivity contribution in [2.45, 2.75) is 24.3 Å². The lowest BCUT2D eigenvalue weighted by Gasteiger charge is -2.24. The van der Waals surface area contributed by atoms with Crippen molar-refractivity contribution in [3.05, 3.63) is 35.6 Å². The van der Waals surface area contributed by atoms with Gasteiger partial charge in [0.25, 0.3) is 5.91 Å². The Balaban J connectivity index is 1.88. The Labute approximate surface area is 143 Å². The molecule has 2 fully saturated rings. The van der Waals surface area contributed by atoms with Crippen molar-refractivity contribution in [3.63, 3.8) is 0 Å². The second kappa shape index (κ2) is 6.53. The summed E-state index contributed by atoms with van der Waals surface area (Å²) in [6, 6.07) is 7.39. The summed E-state index contributed by atoms with van der Waals surface area (Å²) in [7, 11) is -3.11. The zero-order chi connectivity index (χ0) is 17.3. The van der Waals surface area contributed by atoms with Gasteiger partial charge in [0, 0.05) is 11.8 Å². The first-order chi connectivity index (χ1) is 11.4. The van der Waals surface area contributed by atoms with Crippen LogP contribution in [0.4, 0.5) is 4.39 Å². The lowest BCUT2D eigenvalue weighted by Crippen LogP contribution is -2.37. The van der Waals surface area contributed by atoms with E-state index in [1.54, 1.807) is 23.1 Å². The quantitative estimate of drug-likeness (QED) is 0.801. The summed E-state index contributed by atoms with van der Waals surface area (Å²) >= 11 is 1.26. The summed E-state index contributed by atoms with van der Waals surface area (Å²) in [5.41, 5.74) is 0.794. The zero-order valence-electron chi connectivity index (χ0n) is 12.6. The summed E-state index contributed by atoms with van der Waals surface area (Å²) in [6.45, 7) is 0.336. The van der Waals surface area contributed by atoms with Gasteiger partial charge >= 0.3 is 0 Å². The van der Waals surface area contributed by atoms with Crippen LogP contribution in [0.15, 0.2) is 29.3 Å². The second-order valence-corrected chi connectivity index (χ2v) is 9.04. The van der Waals surface area contributed by atoms with Gasteiger partial charge in [-0.2, -0.15) is 10.3 Å². The van der Waals surface area contributed by atoms with Crippen LogP contribution in [-0.2, 0) is 21.2 Å². The number of thioether (sulfide) groups is 1. The largest absolute Gasteiger partial charge is 0.342 e. The van der Waals surface area contributed by atoms with Gasteiger partial charge in [0.1, 0.15) is 12.2 Å². The molecule has 2 saturated heterocycles. The van der Waals surface area contributed by atoms with Crippen LogP contribution in [0.25, 0.3) is 0 Å². The van der Waals surface area contributed by atoms with E-state index in [0.717, 1.165) is 5.56 Å². The lowest BCUT2D eigenvalue weighted by molar-refractivity contribution is -0.116. The number of amidine groups is 1. The van der Waals surface area contributed by atoms with E-state index in [-0.39, 0.29) is 35.0 Å². The molecular formula is C15H14FN3O3S2. The number of hydrogen-bond donors (Lipinski definition) is 0. The van der Waals surface area contributed by atoms with Crippen molar-refractivity contribution >= 4 is 32.7 Å². The molecule has 0 spiro atoms. The summed E-state index contributed by atoms with van der Waals surface area (Å²) < 4.78 is 36.8. The van der Waals surface area contributed by atoms with Crippen LogP contribution >= 0.6 is 11.8 Å². The molecule has 0 aromatic heterocycles. The predicted octanol–water partition coefficient (Wildman–Crippen LogP) is 1.34. The maximum absolute atomic E-state index is 13.1. The third-order valence-corrected chi connectivity index (χ3v) is 7.14. The highest BCUT2D eigenvalue weighted by molar-refractivity contribution is 8.15. The molecule has 2 atom stereocenters. The van der Waals surface area contributed by atoms with E-state index in [1.165, 1.54) is 23.9 Å². The molecule has 1 aromatic rings. The van der Waals surface area contributed by atoms with E-state index in [1.807, 2.05) is 0 Å². The topological polar surface area (TPSA) is 90.6 Å². The first kappa shape index (κ1) is 16.9. The Kier molecular flexibility index (Phi) is 4.60. The van der Waals surface area contributed by atoms with Gasteiger partial charge < -0.3 is 4.90 Å². The smallest absolute Gasteiger partial charge is 0.262 e. The van der Waals surface area contributed by atoms with Crippen molar-refractivity contribution in [2.75, 3.05) is 11.5 Å². The van der Waals surface area contributed by atoms with Crippen LogP contribution in [0, 0.1) is 17.1 Å². The molecule has 0 N–H and O–H groups in total. The average molecular weight is 367 g/mol. The number of amides is 1. The molecule has 3 rings (SSSR count). The molecule has 0 radical (unpaired) electrons. The fraction of sp³-hybridized carbons (Fsp3) is 0.400. The number of hydrogen-bond acceptors (Lipinski definition) is 5. The Morgan fingerprint density at radius 3 is 2.75 bits per heavy atom. The Bertz CT molecular complexity index is 831. The molecule has 2 aliphatic heterocycles. The van der Waals surface area contributed by atoms with Gasteiger partial charge in [-0.1, -0.05) is 23.9 Å². The van der Waals surface area contributed by atoms with Crippen molar-refractivity contribution in [1.82, 2.24) is 4.90 Å². The van der Waals surface area contributed by atoms with E-state index in [0.29, 0.717) is 11.7 Å². The third kappa shape index (κ3) is 3.60. The molecule has 0 bridgehead atoms. The average Bonchev–Trinajstić information content (AvgIpc) is 2.95. The number of benzene rings is 1. The van der Waals surface area contributed by atoms with E-state index in [4.69, 9.17) is 5.26 Å². The summed E-state index contributed by atoms with van der Waals surface area (Å²) in [5.74, 6) is -0.841. The Morgan fingerprint density at radius 2 is 2.08 bits per heavy atom. The Morgan fingerprint density at radius 1 is 1.38 bits per heavy atom. The minimum Gasteiger partial charge on any atom is -0.342 e. The number of aliphatic imine (C=N–C) groups is 1. The number of nitriles is 1. The van der Waals surface area contributed by atoms with Gasteiger partial charge in [-0.05, 0) is 17.7 Å². The molecule has 9 heteroatoms. The van der Waals surface area contributed by atoms with Gasteiger partial charge in [0.2, 0.25) is 0 Å². The highest BCUT2D eigenvalue weighted by Gasteiger charge is 2.48. The summed E-state index contributed by atoms with van der Waals surface area (Å²) in [4.78, 5) is 17.4. The highest BCUT2D eigenvalue weighted by Crippen LogP contribution is 2.39. The summed E-state index contributed by atoms with van der Waals surface area (Å²) in [5, 5.41) is 8.85. The van der Waals surface area contributed by atoms with Crippen molar-refractivity contribution in [3.8, 4) is 6.07 Å². The molecule has 24 heavy (non-hydrogen) atoms. The van der Waals surface area contributed by atoms with Gasteiger partial charge in [0.15, 0.2) is 15.0 Å². The first-order valence-corrected chi connectivity index (χ1v) is 9.95. The second-order valence-electron chi connectivity index (χ2n) is 5.68. The molecule has 2 heterocycles. The van der Waals surface area contributed by atoms with Gasteiger partial charge in [-0.3, -0.25) is 4.79 Å². The molecule has 1 aromatic carbocycles. The lowest BCUT2D eigenvalue weighted by atomic mass is 10.1. The monoisotopic (exact) mass is 367 g/mol. The number of rotatable bonds is 3. The van der Waals surface area contributed by atoms with E-state index >= 15 is 0 Å². The zero-order valence-corrected chi connectivity index (χ0v) is 14.2. The summed E-state index contributed by atoms with van der Waals surface area (Å²) in [6.07, 6.45) is -0.317. The van der Waals surface area contributed by atoms with Crippen molar-refractivity contribution in [1.29, 1.82) is 5.26 Å². The Hall–Kier alpha value is -1.92. The number of halogens is 1. The van der Waals surface area contributed by atoms with Crippen LogP contribution in [0.5, 0.6) is 0 Å². The molecule has 0 saturated carbocycles. The standard InChI is InChI=1S/C15H14FN3O3S2/c16-11-3-1-10(2-4-11)7-19-12-8-24(21,22)9-13(12)23-15(19)18-14(20)5-6-17/h1-4,12-13H,5,7-9H2/t12-,13-/m0/s1. The third-order valence-electron chi connectivity index (χ3n) is 3.89. The fourth-order valence-electron chi connectivity index (χ4n) is 2.82. The van der Waals surface area contributed by atoms with Crippen LogP contribution < -0.4 is 0 Å². The molecule has 1 amide bonds. The highest BCUT2D eigenvalue weighted by atomic mass is 32.2. The van der Waals surface area contributed by atoms with Crippen LogP contribution in [-0.4, -0.2) is 47.2 Å². The molecule has 2 aliphatic rings. The minimum absolute atomic E-state index is 0.0112. The van der Waals surface area contributed by atoms with Crippen molar-refractivity contribution < 1.29 is 17.6 Å². The van der Waals surface area contributed by atoms with E-state index in [2.05, 4.69) is 4.99 Å². The van der Waals surface area contributed by atoms with Gasteiger partial charge in [-0.25, -0.2) is 12.8 Å². The normalized spacial score (nSPS) is 26.3. The number of nitrogens with zero attached hydrogens (tertiary/aromatic N) is 3. The van der Waals surface area contributed by atoms with Crippen LogP contribution in [0.2, 0.25) is 0 Å². The molecule has 126 valence electrons. The number of carbonyl (C=O) groups is 1. The number of carbonyl (C=O) groups excluding carboxylic acids is 1. The SMILES string of the molecule is N#CCC(=O)N=C1S[C@H]2CS(=O)(=O)C[C@@H]2N1Cc1ccc(F)cc1. The van der Waals surface area contributed by atoms with Gasteiger partial charge in [-0.15, -0.1) is 0 Å².